The van der Waals surface area contributed by atoms with Gasteiger partial charge in [0.2, 0.25) is 0 Å². The Hall–Kier alpha value is -1.37. The second-order valence-corrected chi connectivity index (χ2v) is 3.54. The first-order valence-electron chi connectivity index (χ1n) is 4.81. The van der Waals surface area contributed by atoms with Crippen LogP contribution in [0.15, 0.2) is 24.3 Å². The van der Waals surface area contributed by atoms with Crippen LogP contribution < -0.4 is 10.6 Å². The molecule has 0 bridgehead atoms. The summed E-state index contributed by atoms with van der Waals surface area (Å²) >= 11 is 0. The van der Waals surface area contributed by atoms with Crippen LogP contribution in [-0.2, 0) is 6.54 Å². The van der Waals surface area contributed by atoms with Crippen LogP contribution in [0.5, 0.6) is 0 Å². The Bertz CT molecular complexity index is 333. The Labute approximate surface area is 83.7 Å². The molecule has 2 N–H and O–H groups in total. The maximum atomic E-state index is 8.62. The highest BCUT2D eigenvalue weighted by Crippen LogP contribution is 2.03. The first-order valence-corrected chi connectivity index (χ1v) is 4.81. The molecule has 1 aromatic carbocycles. The first-order chi connectivity index (χ1) is 6.88. The normalized spacial score (nSPS) is 15.9. The van der Waals surface area contributed by atoms with Crippen molar-refractivity contribution in [1.29, 1.82) is 5.26 Å². The molecule has 0 spiro atoms. The molecule has 2 rings (SSSR count). The minimum absolute atomic E-state index is 0.616. The number of nitriles is 1. The van der Waals surface area contributed by atoms with Gasteiger partial charge in [-0.05, 0) is 17.7 Å². The van der Waals surface area contributed by atoms with E-state index in [0.29, 0.717) is 6.04 Å². The Balaban J connectivity index is 1.86. The molecule has 0 amide bonds. The molecule has 3 nitrogen and oxygen atoms in total. The molecular formula is C11H13N3. The third-order valence-corrected chi connectivity index (χ3v) is 2.46. The van der Waals surface area contributed by atoms with Crippen molar-refractivity contribution in [2.24, 2.45) is 0 Å². The van der Waals surface area contributed by atoms with Crippen molar-refractivity contribution in [3.05, 3.63) is 35.4 Å². The molecule has 0 atom stereocenters. The molecule has 1 aliphatic rings. The summed E-state index contributed by atoms with van der Waals surface area (Å²) in [5.41, 5.74) is 1.95. The lowest BCUT2D eigenvalue weighted by Gasteiger charge is -2.28. The van der Waals surface area contributed by atoms with E-state index in [-0.39, 0.29) is 0 Å². The van der Waals surface area contributed by atoms with E-state index in [1.54, 1.807) is 0 Å². The maximum Gasteiger partial charge on any atom is 0.0991 e. The molecule has 1 aromatic rings. The van der Waals surface area contributed by atoms with Gasteiger partial charge >= 0.3 is 0 Å². The monoisotopic (exact) mass is 187 g/mol. The molecule has 72 valence electrons. The van der Waals surface area contributed by atoms with E-state index in [1.807, 2.05) is 24.3 Å². The lowest BCUT2D eigenvalue weighted by Crippen LogP contribution is -2.54. The fourth-order valence-corrected chi connectivity index (χ4v) is 1.39. The number of hydrogen-bond donors (Lipinski definition) is 2. The van der Waals surface area contributed by atoms with Crippen LogP contribution in [0.4, 0.5) is 0 Å². The Morgan fingerprint density at radius 1 is 1.36 bits per heavy atom. The van der Waals surface area contributed by atoms with Gasteiger partial charge < -0.3 is 10.6 Å². The molecule has 1 saturated heterocycles. The van der Waals surface area contributed by atoms with Crippen molar-refractivity contribution >= 4 is 0 Å². The van der Waals surface area contributed by atoms with Gasteiger partial charge in [-0.3, -0.25) is 0 Å². The number of nitrogens with one attached hydrogen (secondary N) is 2. The van der Waals surface area contributed by atoms with Crippen molar-refractivity contribution in [3.63, 3.8) is 0 Å². The van der Waals surface area contributed by atoms with Gasteiger partial charge in [0.15, 0.2) is 0 Å². The summed E-state index contributed by atoms with van der Waals surface area (Å²) in [6.07, 6.45) is 0. The van der Waals surface area contributed by atoms with E-state index in [0.717, 1.165) is 25.2 Å². The van der Waals surface area contributed by atoms with Gasteiger partial charge in [0.05, 0.1) is 11.6 Å². The average molecular weight is 187 g/mol. The van der Waals surface area contributed by atoms with E-state index in [1.165, 1.54) is 5.56 Å². The van der Waals surface area contributed by atoms with Crippen LogP contribution >= 0.6 is 0 Å². The van der Waals surface area contributed by atoms with E-state index >= 15 is 0 Å². The van der Waals surface area contributed by atoms with Crippen LogP contribution in [0.1, 0.15) is 11.1 Å². The van der Waals surface area contributed by atoms with Crippen LogP contribution in [0.3, 0.4) is 0 Å². The molecule has 0 aliphatic carbocycles. The number of benzene rings is 1. The van der Waals surface area contributed by atoms with Crippen LogP contribution in [0.2, 0.25) is 0 Å². The van der Waals surface area contributed by atoms with Gasteiger partial charge in [0.1, 0.15) is 0 Å². The fraction of sp³-hybridized carbons (Fsp3) is 0.364. The van der Waals surface area contributed by atoms with Gasteiger partial charge in [-0.25, -0.2) is 0 Å². The number of hydrogen-bond acceptors (Lipinski definition) is 3. The zero-order valence-electron chi connectivity index (χ0n) is 7.96. The van der Waals surface area contributed by atoms with Gasteiger partial charge in [-0.15, -0.1) is 0 Å². The standard InChI is InChI=1S/C11H13N3/c12-5-9-1-3-10(4-2-9)6-14-11-7-13-8-11/h1-4,11,13-14H,6-8H2. The summed E-state index contributed by atoms with van der Waals surface area (Å²) in [6, 6.07) is 10.4. The number of rotatable bonds is 3. The average Bonchev–Trinajstić information content (AvgIpc) is 2.16. The lowest BCUT2D eigenvalue weighted by molar-refractivity contribution is 0.365. The zero-order valence-corrected chi connectivity index (χ0v) is 7.96. The molecule has 0 saturated carbocycles. The van der Waals surface area contributed by atoms with Crippen molar-refractivity contribution in [2.45, 2.75) is 12.6 Å². The van der Waals surface area contributed by atoms with Crippen molar-refractivity contribution in [1.82, 2.24) is 10.6 Å². The molecule has 14 heavy (non-hydrogen) atoms. The summed E-state index contributed by atoms with van der Waals surface area (Å²) in [5, 5.41) is 15.3. The molecule has 1 fully saturated rings. The van der Waals surface area contributed by atoms with E-state index in [2.05, 4.69) is 16.7 Å². The highest BCUT2D eigenvalue weighted by molar-refractivity contribution is 5.31. The molecule has 3 heteroatoms. The zero-order chi connectivity index (χ0) is 9.80. The van der Waals surface area contributed by atoms with E-state index in [4.69, 9.17) is 5.26 Å². The molecule has 0 radical (unpaired) electrons. The third kappa shape index (κ3) is 2.11. The Morgan fingerprint density at radius 2 is 2.07 bits per heavy atom. The topological polar surface area (TPSA) is 47.9 Å². The van der Waals surface area contributed by atoms with Gasteiger partial charge in [0.25, 0.3) is 0 Å². The molecule has 1 aliphatic heterocycles. The SMILES string of the molecule is N#Cc1ccc(CNC2CNC2)cc1. The smallest absolute Gasteiger partial charge is 0.0991 e. The number of nitrogens with zero attached hydrogens (tertiary/aromatic N) is 1. The maximum absolute atomic E-state index is 8.62. The predicted molar refractivity (Wildman–Crippen MR) is 54.7 cm³/mol. The summed E-state index contributed by atoms with van der Waals surface area (Å²) in [4.78, 5) is 0. The minimum atomic E-state index is 0.616. The molecule has 0 unspecified atom stereocenters. The quantitative estimate of drug-likeness (QED) is 0.729. The lowest BCUT2D eigenvalue weighted by atomic mass is 10.1. The highest BCUT2D eigenvalue weighted by atomic mass is 15.1. The third-order valence-electron chi connectivity index (χ3n) is 2.46. The van der Waals surface area contributed by atoms with Gasteiger partial charge in [-0.1, -0.05) is 12.1 Å². The first kappa shape index (κ1) is 9.20. The van der Waals surface area contributed by atoms with Crippen LogP contribution in [-0.4, -0.2) is 19.1 Å². The Kier molecular flexibility index (Phi) is 2.78. The molecule has 0 aromatic heterocycles. The van der Waals surface area contributed by atoms with Crippen LogP contribution in [0.25, 0.3) is 0 Å². The van der Waals surface area contributed by atoms with E-state index < -0.39 is 0 Å². The summed E-state index contributed by atoms with van der Waals surface area (Å²) in [7, 11) is 0. The van der Waals surface area contributed by atoms with Crippen LogP contribution in [0, 0.1) is 11.3 Å². The van der Waals surface area contributed by atoms with Crippen molar-refractivity contribution in [3.8, 4) is 6.07 Å². The van der Waals surface area contributed by atoms with Gasteiger partial charge in [-0.2, -0.15) is 5.26 Å². The summed E-state index contributed by atoms with van der Waals surface area (Å²) in [6.45, 7) is 3.02. The highest BCUT2D eigenvalue weighted by Gasteiger charge is 2.14. The largest absolute Gasteiger partial charge is 0.314 e. The second-order valence-electron chi connectivity index (χ2n) is 3.54. The summed E-state index contributed by atoms with van der Waals surface area (Å²) < 4.78 is 0. The van der Waals surface area contributed by atoms with Crippen molar-refractivity contribution < 1.29 is 0 Å². The van der Waals surface area contributed by atoms with Crippen molar-refractivity contribution in [2.75, 3.05) is 13.1 Å². The second kappa shape index (κ2) is 4.23. The predicted octanol–water partition coefficient (Wildman–Crippen LogP) is 0.620. The fourth-order valence-electron chi connectivity index (χ4n) is 1.39. The molecular weight excluding hydrogens is 174 g/mol. The Morgan fingerprint density at radius 3 is 2.57 bits per heavy atom. The summed E-state index contributed by atoms with van der Waals surface area (Å²) in [5.74, 6) is 0. The minimum Gasteiger partial charge on any atom is -0.314 e. The van der Waals surface area contributed by atoms with Gasteiger partial charge in [0, 0.05) is 25.7 Å². The van der Waals surface area contributed by atoms with E-state index in [9.17, 15) is 0 Å². The molecule has 1 heterocycles.